The van der Waals surface area contributed by atoms with Crippen LogP contribution in [0.15, 0.2) is 72.8 Å². The molecule has 2 atom stereocenters. The van der Waals surface area contributed by atoms with E-state index in [1.165, 1.54) is 0 Å². The van der Waals surface area contributed by atoms with E-state index in [0.29, 0.717) is 11.1 Å². The van der Waals surface area contributed by atoms with Gasteiger partial charge >= 0.3 is 11.9 Å². The topological polar surface area (TPSA) is 52.6 Å². The van der Waals surface area contributed by atoms with Crippen LogP contribution in [0.5, 0.6) is 0 Å². The van der Waals surface area contributed by atoms with Gasteiger partial charge in [0.15, 0.2) is 0 Å². The van der Waals surface area contributed by atoms with Gasteiger partial charge in [-0.15, -0.1) is 0 Å². The van der Waals surface area contributed by atoms with Crippen molar-refractivity contribution in [2.45, 2.75) is 91.3 Å². The van der Waals surface area contributed by atoms with Crippen molar-refractivity contribution in [3.63, 3.8) is 0 Å². The average Bonchev–Trinajstić information content (AvgIpc) is 2.93. The lowest BCUT2D eigenvalue weighted by molar-refractivity contribution is 0.0309. The van der Waals surface area contributed by atoms with Crippen molar-refractivity contribution in [3.05, 3.63) is 83.9 Å². The number of esters is 2. The molecule has 38 heavy (non-hydrogen) atoms. The number of carbonyl (C=O) groups excluding carboxylic acids is 2. The van der Waals surface area contributed by atoms with Crippen LogP contribution < -0.4 is 0 Å². The summed E-state index contributed by atoms with van der Waals surface area (Å²) in [4.78, 5) is 24.9. The number of hydrogen-bond donors (Lipinski definition) is 0. The highest BCUT2D eigenvalue weighted by molar-refractivity contribution is 5.91. The first kappa shape index (κ1) is 29.2. The van der Waals surface area contributed by atoms with Gasteiger partial charge < -0.3 is 9.47 Å². The average molecular weight is 515 g/mol. The zero-order valence-electron chi connectivity index (χ0n) is 23.4. The molecular formula is C34H42O4. The van der Waals surface area contributed by atoms with E-state index in [1.807, 2.05) is 62.4 Å². The van der Waals surface area contributed by atoms with Crippen molar-refractivity contribution < 1.29 is 19.1 Å². The summed E-state index contributed by atoms with van der Waals surface area (Å²) in [6.07, 6.45) is 8.45. The summed E-state index contributed by atoms with van der Waals surface area (Å²) in [5, 5.41) is 0. The first-order valence-electron chi connectivity index (χ1n) is 14.1. The number of ether oxygens (including phenoxy) is 2. The van der Waals surface area contributed by atoms with Crippen LogP contribution in [-0.2, 0) is 9.47 Å². The second-order valence-corrected chi connectivity index (χ2v) is 10.2. The summed E-state index contributed by atoms with van der Waals surface area (Å²) < 4.78 is 11.2. The molecule has 0 aromatic heterocycles. The van der Waals surface area contributed by atoms with Gasteiger partial charge in [0.1, 0.15) is 0 Å². The first-order valence-corrected chi connectivity index (χ1v) is 14.1. The van der Waals surface area contributed by atoms with E-state index in [2.05, 4.69) is 38.1 Å². The highest BCUT2D eigenvalue weighted by Gasteiger charge is 2.13. The maximum Gasteiger partial charge on any atom is 0.338 e. The fraction of sp³-hybridized carbons (Fsp3) is 0.412. The molecule has 0 saturated carbocycles. The van der Waals surface area contributed by atoms with Crippen LogP contribution >= 0.6 is 0 Å². The molecule has 3 aromatic carbocycles. The fourth-order valence-electron chi connectivity index (χ4n) is 4.44. The van der Waals surface area contributed by atoms with Crippen molar-refractivity contribution in [1.29, 1.82) is 0 Å². The number of unbranched alkanes of at least 4 members (excludes halogenated alkanes) is 4. The van der Waals surface area contributed by atoms with Gasteiger partial charge in [0.2, 0.25) is 0 Å². The Labute approximate surface area is 228 Å². The van der Waals surface area contributed by atoms with Gasteiger partial charge in [0, 0.05) is 0 Å². The molecule has 0 unspecified atom stereocenters. The van der Waals surface area contributed by atoms with E-state index < -0.39 is 0 Å². The second kappa shape index (κ2) is 15.1. The second-order valence-electron chi connectivity index (χ2n) is 10.2. The minimum Gasteiger partial charge on any atom is -0.459 e. The molecule has 0 aliphatic carbocycles. The molecule has 0 amide bonds. The number of hydrogen-bond acceptors (Lipinski definition) is 4. The van der Waals surface area contributed by atoms with Crippen LogP contribution in [0.25, 0.3) is 22.3 Å². The largest absolute Gasteiger partial charge is 0.459 e. The molecule has 202 valence electrons. The van der Waals surface area contributed by atoms with Crippen LogP contribution in [-0.4, -0.2) is 24.1 Å². The predicted octanol–water partition coefficient (Wildman–Crippen LogP) is 9.27. The van der Waals surface area contributed by atoms with Crippen LogP contribution in [0.1, 0.15) is 99.8 Å². The summed E-state index contributed by atoms with van der Waals surface area (Å²) >= 11 is 0. The smallest absolute Gasteiger partial charge is 0.338 e. The van der Waals surface area contributed by atoms with Gasteiger partial charge in [-0.3, -0.25) is 0 Å². The summed E-state index contributed by atoms with van der Waals surface area (Å²) in [5.41, 5.74) is 5.35. The van der Waals surface area contributed by atoms with Crippen molar-refractivity contribution >= 4 is 11.9 Å². The van der Waals surface area contributed by atoms with E-state index in [0.717, 1.165) is 73.6 Å². The molecule has 3 rings (SSSR count). The summed E-state index contributed by atoms with van der Waals surface area (Å²) in [7, 11) is 0. The Hall–Kier alpha value is -3.40. The molecular weight excluding hydrogens is 472 g/mol. The predicted molar refractivity (Wildman–Crippen MR) is 155 cm³/mol. The maximum atomic E-state index is 12.5. The number of benzene rings is 3. The molecule has 3 aromatic rings. The van der Waals surface area contributed by atoms with E-state index >= 15 is 0 Å². The Balaban J connectivity index is 1.57. The lowest BCUT2D eigenvalue weighted by atomic mass is 9.99. The van der Waals surface area contributed by atoms with Gasteiger partial charge in [0.25, 0.3) is 0 Å². The molecule has 0 saturated heterocycles. The van der Waals surface area contributed by atoms with Crippen molar-refractivity contribution in [3.8, 4) is 22.3 Å². The molecule has 4 nitrogen and oxygen atoms in total. The van der Waals surface area contributed by atoms with Gasteiger partial charge in [-0.2, -0.15) is 0 Å². The van der Waals surface area contributed by atoms with Crippen LogP contribution in [0.4, 0.5) is 0 Å². The van der Waals surface area contributed by atoms with Crippen LogP contribution in [0, 0.1) is 0 Å². The van der Waals surface area contributed by atoms with Gasteiger partial charge in [-0.1, -0.05) is 88.1 Å². The Kier molecular flexibility index (Phi) is 11.6. The van der Waals surface area contributed by atoms with Gasteiger partial charge in [-0.25, -0.2) is 9.59 Å². The number of rotatable bonds is 14. The summed E-state index contributed by atoms with van der Waals surface area (Å²) in [6, 6.07) is 23.4. The molecule has 0 N–H and O–H groups in total. The Bertz CT molecular complexity index is 1040. The third kappa shape index (κ3) is 8.86. The lowest BCUT2D eigenvalue weighted by Crippen LogP contribution is -2.15. The van der Waals surface area contributed by atoms with E-state index in [1.54, 1.807) is 0 Å². The lowest BCUT2D eigenvalue weighted by Gasteiger charge is -2.13. The standard InChI is InChI=1S/C34H42O4/c1-5-7-9-11-25(3)37-33(35)31-21-17-29(18-22-31)27-13-15-28(16-14-27)30-19-23-32(24-20-30)34(36)38-26(4)12-10-8-6-2/h13-26H,5-12H2,1-4H3/t25-,26-/m0/s1. The van der Waals surface area contributed by atoms with E-state index in [9.17, 15) is 9.59 Å². The summed E-state index contributed by atoms with van der Waals surface area (Å²) in [6.45, 7) is 8.25. The molecule has 0 spiro atoms. The minimum atomic E-state index is -0.269. The summed E-state index contributed by atoms with van der Waals surface area (Å²) in [5.74, 6) is -0.539. The van der Waals surface area contributed by atoms with Crippen LogP contribution in [0.2, 0.25) is 0 Å². The Morgan fingerprint density at radius 3 is 1.11 bits per heavy atom. The normalized spacial score (nSPS) is 12.5. The molecule has 0 bridgehead atoms. The quantitative estimate of drug-likeness (QED) is 0.159. The van der Waals surface area contributed by atoms with Crippen LogP contribution in [0.3, 0.4) is 0 Å². The zero-order chi connectivity index (χ0) is 27.3. The van der Waals surface area contributed by atoms with E-state index in [-0.39, 0.29) is 24.1 Å². The Morgan fingerprint density at radius 1 is 0.526 bits per heavy atom. The van der Waals surface area contributed by atoms with Gasteiger partial charge in [0.05, 0.1) is 23.3 Å². The van der Waals surface area contributed by atoms with Crippen molar-refractivity contribution in [2.24, 2.45) is 0 Å². The third-order valence-corrected chi connectivity index (χ3v) is 6.84. The molecule has 4 heteroatoms. The first-order chi connectivity index (χ1) is 18.4. The fourth-order valence-corrected chi connectivity index (χ4v) is 4.44. The highest BCUT2D eigenvalue weighted by Crippen LogP contribution is 2.26. The Morgan fingerprint density at radius 2 is 0.816 bits per heavy atom. The monoisotopic (exact) mass is 514 g/mol. The van der Waals surface area contributed by atoms with E-state index in [4.69, 9.17) is 9.47 Å². The van der Waals surface area contributed by atoms with Gasteiger partial charge in [-0.05, 0) is 86.1 Å². The zero-order valence-corrected chi connectivity index (χ0v) is 23.4. The van der Waals surface area contributed by atoms with Crippen molar-refractivity contribution in [1.82, 2.24) is 0 Å². The highest BCUT2D eigenvalue weighted by atomic mass is 16.5. The number of carbonyl (C=O) groups is 2. The minimum absolute atomic E-state index is 0.0694. The SMILES string of the molecule is CCCCC[C@H](C)OC(=O)c1ccc(-c2ccc(-c3ccc(C(=O)O[C@@H](C)CCCCC)cc3)cc2)cc1. The molecule has 0 aliphatic heterocycles. The van der Waals surface area contributed by atoms with Crippen molar-refractivity contribution in [2.75, 3.05) is 0 Å². The maximum absolute atomic E-state index is 12.5. The third-order valence-electron chi connectivity index (χ3n) is 6.84. The molecule has 0 heterocycles. The molecule has 0 fully saturated rings. The molecule has 0 aliphatic rings. The molecule has 0 radical (unpaired) electrons.